The minimum atomic E-state index is -0.134. The van der Waals surface area contributed by atoms with Gasteiger partial charge in [-0.3, -0.25) is 4.79 Å². The Hall–Kier alpha value is -2.84. The van der Waals surface area contributed by atoms with Gasteiger partial charge in [-0.25, -0.2) is 0 Å². The van der Waals surface area contributed by atoms with E-state index < -0.39 is 0 Å². The van der Waals surface area contributed by atoms with Crippen LogP contribution in [0.25, 0.3) is 0 Å². The molecule has 0 radical (unpaired) electrons. The maximum absolute atomic E-state index is 12.2. The minimum Gasteiger partial charge on any atom is -0.383 e. The molecule has 0 heterocycles. The number of nitriles is 1. The van der Waals surface area contributed by atoms with Crippen molar-refractivity contribution in [2.75, 3.05) is 25.6 Å². The summed E-state index contributed by atoms with van der Waals surface area (Å²) in [4.78, 5) is 12.2. The highest BCUT2D eigenvalue weighted by atomic mass is 16.5. The van der Waals surface area contributed by atoms with Crippen LogP contribution in [0.15, 0.2) is 48.5 Å². The van der Waals surface area contributed by atoms with Crippen LogP contribution in [0.4, 0.5) is 5.69 Å². The second-order valence-corrected chi connectivity index (χ2v) is 4.96. The lowest BCUT2D eigenvalue weighted by Gasteiger charge is -2.12. The molecule has 0 bridgehead atoms. The molecule has 0 saturated heterocycles. The second kappa shape index (κ2) is 8.57. The van der Waals surface area contributed by atoms with Crippen molar-refractivity contribution in [3.05, 3.63) is 65.2 Å². The molecule has 0 fully saturated rings. The van der Waals surface area contributed by atoms with Crippen LogP contribution in [0.1, 0.15) is 21.5 Å². The molecule has 0 saturated carbocycles. The molecule has 0 atom stereocenters. The summed E-state index contributed by atoms with van der Waals surface area (Å²) in [5, 5.41) is 14.9. The van der Waals surface area contributed by atoms with Gasteiger partial charge in [0.2, 0.25) is 0 Å². The van der Waals surface area contributed by atoms with Gasteiger partial charge in [0, 0.05) is 25.9 Å². The number of ether oxygens (including phenoxy) is 1. The van der Waals surface area contributed by atoms with E-state index in [4.69, 9.17) is 10.00 Å². The van der Waals surface area contributed by atoms with Crippen LogP contribution >= 0.6 is 0 Å². The number of nitrogens with zero attached hydrogens (tertiary/aromatic N) is 1. The third-order valence-corrected chi connectivity index (χ3v) is 3.33. The zero-order valence-electron chi connectivity index (χ0n) is 13.0. The van der Waals surface area contributed by atoms with E-state index in [1.165, 1.54) is 0 Å². The zero-order chi connectivity index (χ0) is 16.5. The Morgan fingerprint density at radius 3 is 2.61 bits per heavy atom. The van der Waals surface area contributed by atoms with Gasteiger partial charge in [-0.1, -0.05) is 24.3 Å². The normalized spacial score (nSPS) is 9.91. The number of rotatable bonds is 7. The highest BCUT2D eigenvalue weighted by Gasteiger charge is 2.10. The van der Waals surface area contributed by atoms with Crippen LogP contribution in [0.2, 0.25) is 0 Å². The second-order valence-electron chi connectivity index (χ2n) is 4.96. The first kappa shape index (κ1) is 16.5. The van der Waals surface area contributed by atoms with Gasteiger partial charge in [0.1, 0.15) is 0 Å². The van der Waals surface area contributed by atoms with E-state index in [9.17, 15) is 4.79 Å². The third-order valence-electron chi connectivity index (χ3n) is 3.33. The lowest BCUT2D eigenvalue weighted by Crippen LogP contribution is -2.27. The lowest BCUT2D eigenvalue weighted by atomic mass is 10.1. The van der Waals surface area contributed by atoms with Gasteiger partial charge in [0.15, 0.2) is 0 Å². The molecule has 2 aromatic carbocycles. The fourth-order valence-corrected chi connectivity index (χ4v) is 2.09. The van der Waals surface area contributed by atoms with Crippen molar-refractivity contribution in [3.63, 3.8) is 0 Å². The highest BCUT2D eigenvalue weighted by Crippen LogP contribution is 2.16. The van der Waals surface area contributed by atoms with Crippen molar-refractivity contribution in [3.8, 4) is 6.07 Å². The number of carbonyl (C=O) groups is 1. The molecule has 2 rings (SSSR count). The van der Waals surface area contributed by atoms with Gasteiger partial charge in [-0.05, 0) is 29.8 Å². The molecule has 0 aromatic heterocycles. The summed E-state index contributed by atoms with van der Waals surface area (Å²) in [6.07, 6.45) is 0. The molecular weight excluding hydrogens is 290 g/mol. The molecule has 23 heavy (non-hydrogen) atoms. The van der Waals surface area contributed by atoms with Gasteiger partial charge in [0.25, 0.3) is 5.91 Å². The van der Waals surface area contributed by atoms with Crippen LogP contribution in [0.3, 0.4) is 0 Å². The number of hydrogen-bond donors (Lipinski definition) is 2. The predicted octanol–water partition coefficient (Wildman–Crippen LogP) is 2.55. The Kier molecular flexibility index (Phi) is 6.16. The molecule has 5 nitrogen and oxygen atoms in total. The van der Waals surface area contributed by atoms with Crippen LogP contribution in [0.5, 0.6) is 0 Å². The summed E-state index contributed by atoms with van der Waals surface area (Å²) in [7, 11) is 1.60. The summed E-state index contributed by atoms with van der Waals surface area (Å²) >= 11 is 0. The molecule has 5 heteroatoms. The van der Waals surface area contributed by atoms with E-state index in [0.29, 0.717) is 30.8 Å². The third kappa shape index (κ3) is 4.83. The number of hydrogen-bond acceptors (Lipinski definition) is 4. The van der Waals surface area contributed by atoms with Crippen LogP contribution in [-0.2, 0) is 11.3 Å². The van der Waals surface area contributed by atoms with E-state index in [1.807, 2.05) is 30.3 Å². The maximum atomic E-state index is 12.2. The van der Waals surface area contributed by atoms with Gasteiger partial charge in [-0.2, -0.15) is 5.26 Å². The number of amides is 1. The number of anilines is 1. The van der Waals surface area contributed by atoms with E-state index in [1.54, 1.807) is 25.3 Å². The van der Waals surface area contributed by atoms with Crippen molar-refractivity contribution in [1.82, 2.24) is 5.32 Å². The van der Waals surface area contributed by atoms with Crippen molar-refractivity contribution in [1.29, 1.82) is 5.26 Å². The molecule has 2 aromatic rings. The van der Waals surface area contributed by atoms with Crippen LogP contribution in [-0.4, -0.2) is 26.2 Å². The van der Waals surface area contributed by atoms with E-state index in [2.05, 4.69) is 16.7 Å². The predicted molar refractivity (Wildman–Crippen MR) is 89.1 cm³/mol. The van der Waals surface area contributed by atoms with E-state index in [-0.39, 0.29) is 5.91 Å². The fraction of sp³-hybridized carbons (Fsp3) is 0.222. The van der Waals surface area contributed by atoms with Crippen LogP contribution in [0, 0.1) is 11.3 Å². The molecule has 0 unspecified atom stereocenters. The molecule has 0 aliphatic carbocycles. The molecule has 0 spiro atoms. The number of para-hydroxylation sites is 1. The summed E-state index contributed by atoms with van der Waals surface area (Å²) in [6.45, 7) is 1.53. The first-order valence-electron chi connectivity index (χ1n) is 7.33. The lowest BCUT2D eigenvalue weighted by molar-refractivity contribution is 0.0938. The number of nitrogens with one attached hydrogen (secondary N) is 2. The topological polar surface area (TPSA) is 74.2 Å². The van der Waals surface area contributed by atoms with Gasteiger partial charge >= 0.3 is 0 Å². The van der Waals surface area contributed by atoms with Crippen molar-refractivity contribution < 1.29 is 9.53 Å². The fourth-order valence-electron chi connectivity index (χ4n) is 2.09. The standard InChI is InChI=1S/C18H19N3O2/c1-23-11-10-20-18(22)16-4-2-3-5-17(16)21-13-15-8-6-14(12-19)7-9-15/h2-9,21H,10-11,13H2,1H3,(H,20,22). The van der Waals surface area contributed by atoms with Gasteiger partial charge < -0.3 is 15.4 Å². The molecule has 0 aliphatic heterocycles. The van der Waals surface area contributed by atoms with Gasteiger partial charge in [-0.15, -0.1) is 0 Å². The smallest absolute Gasteiger partial charge is 0.253 e. The Balaban J connectivity index is 2.02. The maximum Gasteiger partial charge on any atom is 0.253 e. The summed E-state index contributed by atoms with van der Waals surface area (Å²) in [5.74, 6) is -0.134. The Bertz CT molecular complexity index is 690. The zero-order valence-corrected chi connectivity index (χ0v) is 13.0. The van der Waals surface area contributed by atoms with E-state index >= 15 is 0 Å². The SMILES string of the molecule is COCCNC(=O)c1ccccc1NCc1ccc(C#N)cc1. The number of carbonyl (C=O) groups excluding carboxylic acids is 1. The largest absolute Gasteiger partial charge is 0.383 e. The first-order chi connectivity index (χ1) is 11.2. The monoisotopic (exact) mass is 309 g/mol. The van der Waals surface area contributed by atoms with Crippen molar-refractivity contribution in [2.45, 2.75) is 6.54 Å². The molecular formula is C18H19N3O2. The summed E-state index contributed by atoms with van der Waals surface area (Å²) < 4.78 is 4.93. The Labute approximate surface area is 135 Å². The average Bonchev–Trinajstić information content (AvgIpc) is 2.60. The van der Waals surface area contributed by atoms with Crippen molar-refractivity contribution >= 4 is 11.6 Å². The van der Waals surface area contributed by atoms with Crippen molar-refractivity contribution in [2.24, 2.45) is 0 Å². The average molecular weight is 309 g/mol. The van der Waals surface area contributed by atoms with E-state index in [0.717, 1.165) is 11.3 Å². The quantitative estimate of drug-likeness (QED) is 0.771. The Morgan fingerprint density at radius 1 is 1.17 bits per heavy atom. The number of benzene rings is 2. The molecule has 118 valence electrons. The highest BCUT2D eigenvalue weighted by molar-refractivity contribution is 5.99. The van der Waals surface area contributed by atoms with Gasteiger partial charge in [0.05, 0.1) is 23.8 Å². The Morgan fingerprint density at radius 2 is 1.91 bits per heavy atom. The number of methoxy groups -OCH3 is 1. The van der Waals surface area contributed by atoms with Crippen LogP contribution < -0.4 is 10.6 Å². The summed E-state index contributed by atoms with van der Waals surface area (Å²) in [6, 6.07) is 16.8. The molecule has 1 amide bonds. The first-order valence-corrected chi connectivity index (χ1v) is 7.33. The minimum absolute atomic E-state index is 0.134. The molecule has 0 aliphatic rings. The summed E-state index contributed by atoms with van der Waals surface area (Å²) in [5.41, 5.74) is 3.04. The molecule has 2 N–H and O–H groups in total.